The number of rotatable bonds is 46. The van der Waals surface area contributed by atoms with Crippen LogP contribution in [0.5, 0.6) is 0 Å². The summed E-state index contributed by atoms with van der Waals surface area (Å²) in [4.78, 5) is 46.1. The van der Waals surface area contributed by atoms with Crippen LogP contribution < -0.4 is 5.73 Å². The fourth-order valence-electron chi connectivity index (χ4n) is 7.07. The van der Waals surface area contributed by atoms with E-state index in [2.05, 4.69) is 18.4 Å². The Kier molecular flexibility index (Phi) is 41.1. The highest BCUT2D eigenvalue weighted by Crippen LogP contribution is 2.43. The lowest BCUT2D eigenvalue weighted by Gasteiger charge is -2.20. The predicted molar refractivity (Wildman–Crippen MR) is 236 cm³/mol. The minimum absolute atomic E-state index is 0.170. The number of carbonyl (C=O) groups is 3. The van der Waals surface area contributed by atoms with Crippen LogP contribution in [-0.2, 0) is 37.5 Å². The van der Waals surface area contributed by atoms with Crippen LogP contribution in [0.4, 0.5) is 0 Å². The van der Waals surface area contributed by atoms with Crippen LogP contribution in [0.2, 0.25) is 0 Å². The van der Waals surface area contributed by atoms with Gasteiger partial charge in [0, 0.05) is 12.8 Å². The SMILES string of the molecule is CCCCCCCCCCCCCCCCCCCCCC(=O)O[C@H](COC(=O)CCCCCCCCCCCCCCCCC)COP(=O)(O)OC[C@H](N)C(=O)O. The minimum atomic E-state index is -4.71. The van der Waals surface area contributed by atoms with Crippen LogP contribution in [0.3, 0.4) is 0 Å². The van der Waals surface area contributed by atoms with Crippen LogP contribution in [0.15, 0.2) is 0 Å². The average molecular weight is 848 g/mol. The van der Waals surface area contributed by atoms with Crippen molar-refractivity contribution >= 4 is 25.7 Å². The third kappa shape index (κ3) is 41.2. The maximum atomic E-state index is 12.7. The molecule has 0 saturated heterocycles. The Labute approximate surface area is 355 Å². The average Bonchev–Trinajstić information content (AvgIpc) is 3.20. The van der Waals surface area contributed by atoms with Crippen LogP contribution in [0, 0.1) is 0 Å². The maximum absolute atomic E-state index is 12.7. The van der Waals surface area contributed by atoms with E-state index in [0.29, 0.717) is 12.8 Å². The van der Waals surface area contributed by atoms with Crippen molar-refractivity contribution < 1.29 is 47.5 Å². The molecule has 3 atom stereocenters. The van der Waals surface area contributed by atoms with Gasteiger partial charge in [0.15, 0.2) is 6.10 Å². The Balaban J connectivity index is 4.24. The van der Waals surface area contributed by atoms with Gasteiger partial charge < -0.3 is 25.2 Å². The van der Waals surface area contributed by atoms with Gasteiger partial charge in [0.1, 0.15) is 12.6 Å². The van der Waals surface area contributed by atoms with E-state index >= 15 is 0 Å². The molecule has 0 amide bonds. The molecule has 4 N–H and O–H groups in total. The Morgan fingerprint density at radius 3 is 1.09 bits per heavy atom. The first kappa shape index (κ1) is 56.5. The van der Waals surface area contributed by atoms with Crippen molar-refractivity contribution in [2.24, 2.45) is 5.73 Å². The zero-order valence-corrected chi connectivity index (χ0v) is 38.3. The first-order valence-corrected chi connectivity index (χ1v) is 25.6. The molecule has 0 aromatic rings. The van der Waals surface area contributed by atoms with Crippen molar-refractivity contribution in [3.63, 3.8) is 0 Å². The quantitative estimate of drug-likeness (QED) is 0.0302. The summed E-state index contributed by atoms with van der Waals surface area (Å²) in [6, 6.07) is -1.52. The van der Waals surface area contributed by atoms with Crippen molar-refractivity contribution in [1.82, 2.24) is 0 Å². The van der Waals surface area contributed by atoms with Crippen molar-refractivity contribution in [2.45, 2.75) is 257 Å². The smallest absolute Gasteiger partial charge is 0.472 e. The maximum Gasteiger partial charge on any atom is 0.472 e. The second kappa shape index (κ2) is 42.2. The van der Waals surface area contributed by atoms with Crippen molar-refractivity contribution in [3.05, 3.63) is 0 Å². The lowest BCUT2D eigenvalue weighted by molar-refractivity contribution is -0.161. The largest absolute Gasteiger partial charge is 0.480 e. The van der Waals surface area contributed by atoms with Gasteiger partial charge in [-0.3, -0.25) is 23.4 Å². The monoisotopic (exact) mass is 848 g/mol. The van der Waals surface area contributed by atoms with E-state index in [4.69, 9.17) is 24.8 Å². The number of hydrogen-bond acceptors (Lipinski definition) is 9. The molecule has 0 radical (unpaired) electrons. The van der Waals surface area contributed by atoms with Crippen LogP contribution in [-0.4, -0.2) is 59.9 Å². The molecule has 0 saturated carbocycles. The van der Waals surface area contributed by atoms with E-state index in [9.17, 15) is 23.8 Å². The first-order chi connectivity index (χ1) is 28.1. The molecule has 0 aromatic heterocycles. The number of aliphatic carboxylic acids is 1. The molecule has 0 bridgehead atoms. The summed E-state index contributed by atoms with van der Waals surface area (Å²) < 4.78 is 32.8. The number of phosphoric acid groups is 1. The second-order valence-electron chi connectivity index (χ2n) is 16.6. The summed E-state index contributed by atoms with van der Waals surface area (Å²) in [6.45, 7) is 2.86. The third-order valence-corrected chi connectivity index (χ3v) is 11.8. The summed E-state index contributed by atoms with van der Waals surface area (Å²) in [5.74, 6) is -2.35. The highest BCUT2D eigenvalue weighted by Gasteiger charge is 2.28. The van der Waals surface area contributed by atoms with Crippen molar-refractivity contribution in [1.29, 1.82) is 0 Å². The highest BCUT2D eigenvalue weighted by atomic mass is 31.2. The number of ether oxygens (including phenoxy) is 2. The number of hydrogen-bond donors (Lipinski definition) is 3. The molecule has 0 aliphatic rings. The normalized spacial score (nSPS) is 13.6. The molecule has 11 nitrogen and oxygen atoms in total. The predicted octanol–water partition coefficient (Wildman–Crippen LogP) is 13.1. The standard InChI is InChI=1S/C46H90NO10P/c1-3-5-7-9-11-13-15-17-19-20-21-22-24-26-28-30-32-34-36-38-45(49)57-42(40-55-58(52,53)56-41-43(47)46(50)51)39-54-44(48)37-35-33-31-29-27-25-23-18-16-14-12-10-8-6-4-2/h42-43H,3-41,47H2,1-2H3,(H,50,51)(H,52,53)/t42-,43+/m1/s1. The minimum Gasteiger partial charge on any atom is -0.480 e. The summed E-state index contributed by atoms with van der Waals surface area (Å²) in [7, 11) is -4.71. The zero-order chi connectivity index (χ0) is 42.8. The van der Waals surface area contributed by atoms with Gasteiger partial charge in [-0.15, -0.1) is 0 Å². The summed E-state index contributed by atoms with van der Waals surface area (Å²) in [6.07, 6.45) is 41.6. The number of carboxylic acids is 1. The highest BCUT2D eigenvalue weighted by molar-refractivity contribution is 7.47. The van der Waals surface area contributed by atoms with E-state index in [1.54, 1.807) is 0 Å². The number of carbonyl (C=O) groups excluding carboxylic acids is 2. The number of carboxylic acid groups (broad SMARTS) is 1. The number of esters is 2. The molecule has 0 fully saturated rings. The molecule has 1 unspecified atom stereocenters. The molecule has 0 heterocycles. The van der Waals surface area contributed by atoms with Gasteiger partial charge in [0.25, 0.3) is 0 Å². The van der Waals surface area contributed by atoms with E-state index in [1.165, 1.54) is 167 Å². The fourth-order valence-corrected chi connectivity index (χ4v) is 7.85. The number of unbranched alkanes of at least 4 members (excludes halogenated alkanes) is 32. The lowest BCUT2D eigenvalue weighted by atomic mass is 10.0. The molecule has 344 valence electrons. The molecule has 0 spiro atoms. The lowest BCUT2D eigenvalue weighted by Crippen LogP contribution is -2.34. The van der Waals surface area contributed by atoms with Gasteiger partial charge in [-0.25, -0.2) is 4.57 Å². The molecule has 0 aromatic carbocycles. The van der Waals surface area contributed by atoms with Gasteiger partial charge in [-0.1, -0.05) is 219 Å². The first-order valence-electron chi connectivity index (χ1n) is 24.1. The Bertz CT molecular complexity index is 1000. The third-order valence-electron chi connectivity index (χ3n) is 10.9. The van der Waals surface area contributed by atoms with E-state index in [-0.39, 0.29) is 19.4 Å². The molecule has 0 rings (SSSR count). The van der Waals surface area contributed by atoms with Gasteiger partial charge in [-0.05, 0) is 12.8 Å². The zero-order valence-electron chi connectivity index (χ0n) is 37.4. The van der Waals surface area contributed by atoms with Crippen LogP contribution in [0.1, 0.15) is 245 Å². The van der Waals surface area contributed by atoms with E-state index in [0.717, 1.165) is 38.5 Å². The van der Waals surface area contributed by atoms with Crippen LogP contribution in [0.25, 0.3) is 0 Å². The van der Waals surface area contributed by atoms with Gasteiger partial charge in [-0.2, -0.15) is 0 Å². The molecule has 0 aliphatic carbocycles. The van der Waals surface area contributed by atoms with Crippen molar-refractivity contribution in [3.8, 4) is 0 Å². The van der Waals surface area contributed by atoms with Gasteiger partial charge in [0.2, 0.25) is 0 Å². The van der Waals surface area contributed by atoms with Gasteiger partial charge in [0.05, 0.1) is 13.2 Å². The van der Waals surface area contributed by atoms with E-state index in [1.807, 2.05) is 0 Å². The molecule has 12 heteroatoms. The summed E-state index contributed by atoms with van der Waals surface area (Å²) in [5, 5.41) is 8.90. The van der Waals surface area contributed by atoms with Gasteiger partial charge >= 0.3 is 25.7 Å². The summed E-state index contributed by atoms with van der Waals surface area (Å²) >= 11 is 0. The molecular formula is C46H90NO10P. The molecular weight excluding hydrogens is 757 g/mol. The number of nitrogens with two attached hydrogens (primary N) is 1. The Morgan fingerprint density at radius 1 is 0.466 bits per heavy atom. The summed E-state index contributed by atoms with van der Waals surface area (Å²) in [5.41, 5.74) is 5.34. The van der Waals surface area contributed by atoms with Crippen LogP contribution >= 0.6 is 7.82 Å². The van der Waals surface area contributed by atoms with E-state index < -0.39 is 51.1 Å². The Morgan fingerprint density at radius 2 is 0.759 bits per heavy atom. The Hall–Kier alpha value is -1.52. The second-order valence-corrected chi connectivity index (χ2v) is 18.1. The number of phosphoric ester groups is 1. The molecule has 0 aliphatic heterocycles. The van der Waals surface area contributed by atoms with Crippen molar-refractivity contribution in [2.75, 3.05) is 19.8 Å². The molecule has 58 heavy (non-hydrogen) atoms. The fraction of sp³-hybridized carbons (Fsp3) is 0.935. The topological polar surface area (TPSA) is 172 Å².